The first-order chi connectivity index (χ1) is 9.47. The highest BCUT2D eigenvalue weighted by molar-refractivity contribution is 6.12. The molecule has 0 saturated carbocycles. The van der Waals surface area contributed by atoms with Gasteiger partial charge < -0.3 is 10.5 Å². The second-order valence-electron chi connectivity index (χ2n) is 4.75. The fourth-order valence-electron chi connectivity index (χ4n) is 1.85. The SMILES string of the molecule is CC(C)Oc1ccc(C(=O)c2ccc(F)cc2N)cc1. The van der Waals surface area contributed by atoms with Crippen LogP contribution in [0.1, 0.15) is 29.8 Å². The second kappa shape index (κ2) is 5.74. The van der Waals surface area contributed by atoms with Crippen molar-refractivity contribution in [3.63, 3.8) is 0 Å². The highest BCUT2D eigenvalue weighted by Crippen LogP contribution is 2.20. The van der Waals surface area contributed by atoms with E-state index in [1.807, 2.05) is 13.8 Å². The molecule has 0 radical (unpaired) electrons. The van der Waals surface area contributed by atoms with Crippen LogP contribution in [0.25, 0.3) is 0 Å². The molecule has 0 aliphatic carbocycles. The van der Waals surface area contributed by atoms with Crippen molar-refractivity contribution in [3.8, 4) is 5.75 Å². The standard InChI is InChI=1S/C16H16FNO2/c1-10(2)20-13-6-3-11(4-7-13)16(19)14-8-5-12(17)9-15(14)18/h3-10H,18H2,1-2H3. The first-order valence-corrected chi connectivity index (χ1v) is 6.34. The van der Waals surface area contributed by atoms with E-state index in [2.05, 4.69) is 0 Å². The zero-order valence-corrected chi connectivity index (χ0v) is 11.4. The summed E-state index contributed by atoms with van der Waals surface area (Å²) >= 11 is 0. The lowest BCUT2D eigenvalue weighted by Gasteiger charge is -2.10. The van der Waals surface area contributed by atoms with E-state index in [1.54, 1.807) is 24.3 Å². The van der Waals surface area contributed by atoms with Gasteiger partial charge in [0.2, 0.25) is 0 Å². The maximum Gasteiger partial charge on any atom is 0.195 e. The maximum absolute atomic E-state index is 13.0. The van der Waals surface area contributed by atoms with Crippen molar-refractivity contribution in [2.75, 3.05) is 5.73 Å². The van der Waals surface area contributed by atoms with Gasteiger partial charge in [-0.1, -0.05) is 0 Å². The third kappa shape index (κ3) is 3.15. The van der Waals surface area contributed by atoms with E-state index in [1.165, 1.54) is 12.1 Å². The highest BCUT2D eigenvalue weighted by Gasteiger charge is 2.13. The van der Waals surface area contributed by atoms with Crippen molar-refractivity contribution in [1.82, 2.24) is 0 Å². The van der Waals surface area contributed by atoms with Crippen molar-refractivity contribution in [3.05, 3.63) is 59.4 Å². The average Bonchev–Trinajstić information content (AvgIpc) is 2.38. The molecule has 0 aliphatic heterocycles. The zero-order chi connectivity index (χ0) is 14.7. The summed E-state index contributed by atoms with van der Waals surface area (Å²) in [7, 11) is 0. The number of ketones is 1. The number of hydrogen-bond acceptors (Lipinski definition) is 3. The molecule has 0 atom stereocenters. The smallest absolute Gasteiger partial charge is 0.195 e. The molecule has 20 heavy (non-hydrogen) atoms. The molecule has 0 aliphatic rings. The fourth-order valence-corrected chi connectivity index (χ4v) is 1.85. The van der Waals surface area contributed by atoms with Gasteiger partial charge in [0.25, 0.3) is 0 Å². The molecule has 2 rings (SSSR count). The number of carbonyl (C=O) groups excluding carboxylic acids is 1. The molecule has 0 unspecified atom stereocenters. The van der Waals surface area contributed by atoms with Gasteiger partial charge in [0.05, 0.1) is 6.10 Å². The fraction of sp³-hybridized carbons (Fsp3) is 0.188. The van der Waals surface area contributed by atoms with Gasteiger partial charge in [0, 0.05) is 16.8 Å². The zero-order valence-electron chi connectivity index (χ0n) is 11.4. The molecule has 104 valence electrons. The number of ether oxygens (including phenoxy) is 1. The van der Waals surface area contributed by atoms with E-state index < -0.39 is 5.82 Å². The van der Waals surface area contributed by atoms with Crippen LogP contribution in [-0.4, -0.2) is 11.9 Å². The quantitative estimate of drug-likeness (QED) is 0.686. The highest BCUT2D eigenvalue weighted by atomic mass is 19.1. The van der Waals surface area contributed by atoms with Gasteiger partial charge in [0.1, 0.15) is 11.6 Å². The van der Waals surface area contributed by atoms with Crippen LogP contribution in [0.2, 0.25) is 0 Å². The first-order valence-electron chi connectivity index (χ1n) is 6.34. The van der Waals surface area contributed by atoms with Crippen molar-refractivity contribution < 1.29 is 13.9 Å². The van der Waals surface area contributed by atoms with Crippen LogP contribution in [-0.2, 0) is 0 Å². The topological polar surface area (TPSA) is 52.3 Å². The first kappa shape index (κ1) is 14.1. The molecule has 0 heterocycles. The normalized spacial score (nSPS) is 10.6. The summed E-state index contributed by atoms with van der Waals surface area (Å²) in [6.45, 7) is 3.86. The minimum absolute atomic E-state index is 0.0734. The summed E-state index contributed by atoms with van der Waals surface area (Å²) in [6, 6.07) is 10.6. The summed E-state index contributed by atoms with van der Waals surface area (Å²) < 4.78 is 18.5. The molecule has 0 saturated heterocycles. The minimum Gasteiger partial charge on any atom is -0.491 e. The number of nitrogen functional groups attached to an aromatic ring is 1. The molecule has 2 aromatic rings. The Hall–Kier alpha value is -2.36. The third-order valence-electron chi connectivity index (χ3n) is 2.75. The van der Waals surface area contributed by atoms with Crippen molar-refractivity contribution in [2.45, 2.75) is 20.0 Å². The Labute approximate surface area is 117 Å². The molecule has 0 amide bonds. The molecule has 2 N–H and O–H groups in total. The largest absolute Gasteiger partial charge is 0.491 e. The van der Waals surface area contributed by atoms with Crippen LogP contribution in [0, 0.1) is 5.82 Å². The van der Waals surface area contributed by atoms with Crippen LogP contribution >= 0.6 is 0 Å². The lowest BCUT2D eigenvalue weighted by atomic mass is 10.0. The third-order valence-corrected chi connectivity index (χ3v) is 2.75. The monoisotopic (exact) mass is 273 g/mol. The molecule has 0 spiro atoms. The van der Waals surface area contributed by atoms with Crippen LogP contribution in [0.4, 0.5) is 10.1 Å². The van der Waals surface area contributed by atoms with Gasteiger partial charge in [-0.05, 0) is 56.3 Å². The number of benzene rings is 2. The Bertz CT molecular complexity index is 621. The van der Waals surface area contributed by atoms with E-state index in [9.17, 15) is 9.18 Å². The van der Waals surface area contributed by atoms with Gasteiger partial charge in [-0.15, -0.1) is 0 Å². The predicted octanol–water partition coefficient (Wildman–Crippen LogP) is 3.43. The van der Waals surface area contributed by atoms with Gasteiger partial charge in [0.15, 0.2) is 5.78 Å². The van der Waals surface area contributed by atoms with E-state index in [0.29, 0.717) is 16.9 Å². The van der Waals surface area contributed by atoms with E-state index >= 15 is 0 Å². The Morgan fingerprint density at radius 1 is 1.15 bits per heavy atom. The minimum atomic E-state index is -0.459. The summed E-state index contributed by atoms with van der Waals surface area (Å²) in [4.78, 5) is 12.3. The number of rotatable bonds is 4. The maximum atomic E-state index is 13.0. The van der Waals surface area contributed by atoms with Crippen molar-refractivity contribution >= 4 is 11.5 Å². The number of hydrogen-bond donors (Lipinski definition) is 1. The molecule has 3 nitrogen and oxygen atoms in total. The van der Waals surface area contributed by atoms with Crippen molar-refractivity contribution in [1.29, 1.82) is 0 Å². The average molecular weight is 273 g/mol. The summed E-state index contributed by atoms with van der Waals surface area (Å²) in [5.41, 5.74) is 6.59. The lowest BCUT2D eigenvalue weighted by molar-refractivity contribution is 0.103. The van der Waals surface area contributed by atoms with Gasteiger partial charge in [-0.2, -0.15) is 0 Å². The predicted molar refractivity (Wildman–Crippen MR) is 76.5 cm³/mol. The van der Waals surface area contributed by atoms with E-state index in [4.69, 9.17) is 10.5 Å². The second-order valence-corrected chi connectivity index (χ2v) is 4.75. The van der Waals surface area contributed by atoms with Crippen molar-refractivity contribution in [2.24, 2.45) is 0 Å². The van der Waals surface area contributed by atoms with Crippen LogP contribution in [0.5, 0.6) is 5.75 Å². The summed E-state index contributed by atoms with van der Waals surface area (Å²) in [5.74, 6) is 0.00181. The van der Waals surface area contributed by atoms with Crippen LogP contribution < -0.4 is 10.5 Å². The van der Waals surface area contributed by atoms with Gasteiger partial charge >= 0.3 is 0 Å². The van der Waals surface area contributed by atoms with Crippen LogP contribution in [0.3, 0.4) is 0 Å². The van der Waals surface area contributed by atoms with Gasteiger partial charge in [-0.3, -0.25) is 4.79 Å². The molecular weight excluding hydrogens is 257 g/mol. The number of anilines is 1. The van der Waals surface area contributed by atoms with Crippen LogP contribution in [0.15, 0.2) is 42.5 Å². The molecule has 0 bridgehead atoms. The molecule has 4 heteroatoms. The Morgan fingerprint density at radius 3 is 2.35 bits per heavy atom. The van der Waals surface area contributed by atoms with Gasteiger partial charge in [-0.25, -0.2) is 4.39 Å². The lowest BCUT2D eigenvalue weighted by Crippen LogP contribution is -2.07. The molecule has 0 fully saturated rings. The number of nitrogens with two attached hydrogens (primary N) is 1. The van der Waals surface area contributed by atoms with E-state index in [-0.39, 0.29) is 17.6 Å². The summed E-state index contributed by atoms with van der Waals surface area (Å²) in [5, 5.41) is 0. The molecule has 2 aromatic carbocycles. The summed E-state index contributed by atoms with van der Waals surface area (Å²) in [6.07, 6.45) is 0.0734. The van der Waals surface area contributed by atoms with E-state index in [0.717, 1.165) is 6.07 Å². The number of halogens is 1. The molecular formula is C16H16FNO2. The number of carbonyl (C=O) groups is 1. The Morgan fingerprint density at radius 2 is 1.80 bits per heavy atom. The molecule has 0 aromatic heterocycles. The Kier molecular flexibility index (Phi) is 4.03. The Balaban J connectivity index is 2.25.